The number of rotatable bonds is 0. The lowest BCUT2D eigenvalue weighted by molar-refractivity contribution is 1.25. The summed E-state index contributed by atoms with van der Waals surface area (Å²) in [5, 5.41) is 8.50. The number of nitrogens with one attached hydrogen (secondary N) is 1. The third kappa shape index (κ3) is 1.55. The molecule has 0 fully saturated rings. The predicted molar refractivity (Wildman–Crippen MR) is 49.1 cm³/mol. The van der Waals surface area contributed by atoms with Gasteiger partial charge in [0.15, 0.2) is 0 Å². The molecule has 50 valence electrons. The minimum atomic E-state index is 0.503. The van der Waals surface area contributed by atoms with Gasteiger partial charge in [0.05, 0.1) is 5.56 Å². The van der Waals surface area contributed by atoms with Crippen LogP contribution in [0.15, 0.2) is 12.3 Å². The highest BCUT2D eigenvalue weighted by Gasteiger charge is 1.92. The van der Waals surface area contributed by atoms with Crippen LogP contribution in [0.2, 0.25) is 0 Å². The number of nitrogens with zero attached hydrogens (tertiary/aromatic N) is 1. The molecule has 0 saturated carbocycles. The number of nitriles is 1. The molecule has 1 N–H and O–H groups in total. The molecule has 2 nitrogen and oxygen atoms in total. The molecule has 10 heavy (non-hydrogen) atoms. The van der Waals surface area contributed by atoms with Gasteiger partial charge in [-0.2, -0.15) is 5.26 Å². The van der Waals surface area contributed by atoms with Crippen molar-refractivity contribution in [2.24, 2.45) is 0 Å². The fourth-order valence-corrected chi connectivity index (χ4v) is 1.17. The van der Waals surface area contributed by atoms with Crippen molar-refractivity contribution in [1.29, 1.82) is 5.26 Å². The van der Waals surface area contributed by atoms with E-state index in [2.05, 4.69) is 27.6 Å². The SMILES string of the molecule is N#Cc1cc(I)c[nH]c1=S. The van der Waals surface area contributed by atoms with Crippen molar-refractivity contribution < 1.29 is 0 Å². The Hall–Kier alpha value is -0.410. The van der Waals surface area contributed by atoms with E-state index in [0.717, 1.165) is 3.57 Å². The van der Waals surface area contributed by atoms with Crippen LogP contribution >= 0.6 is 34.8 Å². The third-order valence-electron chi connectivity index (χ3n) is 0.988. The summed E-state index contributed by atoms with van der Waals surface area (Å²) in [6.07, 6.45) is 1.77. The summed E-state index contributed by atoms with van der Waals surface area (Å²) in [4.78, 5) is 2.80. The molecule has 0 spiro atoms. The van der Waals surface area contributed by atoms with Crippen molar-refractivity contribution >= 4 is 34.8 Å². The van der Waals surface area contributed by atoms with Gasteiger partial charge in [-0.25, -0.2) is 0 Å². The summed E-state index contributed by atoms with van der Waals surface area (Å²) in [5.74, 6) is 0. The molecule has 0 radical (unpaired) electrons. The summed E-state index contributed by atoms with van der Waals surface area (Å²) in [6.45, 7) is 0. The highest BCUT2D eigenvalue weighted by Crippen LogP contribution is 2.05. The van der Waals surface area contributed by atoms with Crippen molar-refractivity contribution in [3.63, 3.8) is 0 Å². The Morgan fingerprint density at radius 1 is 1.70 bits per heavy atom. The van der Waals surface area contributed by atoms with E-state index in [1.807, 2.05) is 6.07 Å². The van der Waals surface area contributed by atoms with E-state index in [1.54, 1.807) is 12.3 Å². The van der Waals surface area contributed by atoms with E-state index in [0.29, 0.717) is 10.2 Å². The quantitative estimate of drug-likeness (QED) is 0.575. The first-order chi connectivity index (χ1) is 4.74. The summed E-state index contributed by atoms with van der Waals surface area (Å²) in [6, 6.07) is 3.75. The molecule has 0 aromatic carbocycles. The Kier molecular flexibility index (Phi) is 2.40. The Bertz CT molecular complexity index is 336. The van der Waals surface area contributed by atoms with Gasteiger partial charge < -0.3 is 4.98 Å². The van der Waals surface area contributed by atoms with Crippen LogP contribution in [0.25, 0.3) is 0 Å². The fraction of sp³-hybridized carbons (Fsp3) is 0. The smallest absolute Gasteiger partial charge is 0.121 e. The zero-order valence-electron chi connectivity index (χ0n) is 4.89. The maximum absolute atomic E-state index is 8.50. The normalized spacial score (nSPS) is 8.80. The first-order valence-corrected chi connectivity index (χ1v) is 4.01. The van der Waals surface area contributed by atoms with E-state index in [1.165, 1.54) is 0 Å². The summed E-state index contributed by atoms with van der Waals surface area (Å²) < 4.78 is 1.49. The molecule has 0 saturated heterocycles. The van der Waals surface area contributed by atoms with Gasteiger partial charge in [0.1, 0.15) is 10.7 Å². The summed E-state index contributed by atoms with van der Waals surface area (Å²) in [5.41, 5.74) is 0.530. The fourth-order valence-electron chi connectivity index (χ4n) is 0.540. The minimum Gasteiger partial charge on any atom is -0.351 e. The number of aromatic nitrogens is 1. The molecule has 0 aliphatic heterocycles. The van der Waals surface area contributed by atoms with Gasteiger partial charge in [0, 0.05) is 9.77 Å². The van der Waals surface area contributed by atoms with E-state index >= 15 is 0 Å². The second kappa shape index (κ2) is 3.12. The predicted octanol–water partition coefficient (Wildman–Crippen LogP) is 2.22. The zero-order chi connectivity index (χ0) is 7.56. The largest absolute Gasteiger partial charge is 0.351 e. The molecule has 0 aliphatic carbocycles. The van der Waals surface area contributed by atoms with Gasteiger partial charge in [-0.05, 0) is 28.7 Å². The minimum absolute atomic E-state index is 0.503. The van der Waals surface area contributed by atoms with Gasteiger partial charge in [0.2, 0.25) is 0 Å². The number of hydrogen-bond donors (Lipinski definition) is 1. The van der Waals surface area contributed by atoms with E-state index < -0.39 is 0 Å². The van der Waals surface area contributed by atoms with Crippen LogP contribution in [0, 0.1) is 19.5 Å². The maximum atomic E-state index is 8.50. The summed E-state index contributed by atoms with van der Waals surface area (Å²) >= 11 is 6.95. The van der Waals surface area contributed by atoms with Crippen LogP contribution in [0.3, 0.4) is 0 Å². The average Bonchev–Trinajstić information content (AvgIpc) is 1.94. The molecule has 4 heteroatoms. The van der Waals surface area contributed by atoms with Crippen LogP contribution in [0.4, 0.5) is 0 Å². The number of pyridine rings is 1. The molecule has 1 heterocycles. The molecule has 1 rings (SSSR count). The van der Waals surface area contributed by atoms with E-state index in [4.69, 9.17) is 17.5 Å². The van der Waals surface area contributed by atoms with Crippen LogP contribution in [0.1, 0.15) is 5.56 Å². The number of halogens is 1. The average molecular weight is 262 g/mol. The van der Waals surface area contributed by atoms with Gasteiger partial charge in [-0.15, -0.1) is 0 Å². The number of H-pyrrole nitrogens is 1. The van der Waals surface area contributed by atoms with Crippen LogP contribution in [-0.2, 0) is 0 Å². The molecule has 0 amide bonds. The van der Waals surface area contributed by atoms with Gasteiger partial charge >= 0.3 is 0 Å². The van der Waals surface area contributed by atoms with Crippen molar-refractivity contribution in [2.75, 3.05) is 0 Å². The van der Waals surface area contributed by atoms with E-state index in [-0.39, 0.29) is 0 Å². The molecule has 0 atom stereocenters. The highest BCUT2D eigenvalue weighted by molar-refractivity contribution is 14.1. The molecule has 1 aromatic rings. The topological polar surface area (TPSA) is 39.6 Å². The third-order valence-corrected chi connectivity index (χ3v) is 1.95. The van der Waals surface area contributed by atoms with Gasteiger partial charge in [-0.3, -0.25) is 0 Å². The van der Waals surface area contributed by atoms with Crippen molar-refractivity contribution in [3.8, 4) is 6.07 Å². The van der Waals surface area contributed by atoms with E-state index in [9.17, 15) is 0 Å². The van der Waals surface area contributed by atoms with Crippen LogP contribution < -0.4 is 0 Å². The molecule has 1 aromatic heterocycles. The number of hydrogen-bond acceptors (Lipinski definition) is 2. The molecule has 0 aliphatic rings. The zero-order valence-corrected chi connectivity index (χ0v) is 7.86. The monoisotopic (exact) mass is 262 g/mol. The van der Waals surface area contributed by atoms with Crippen molar-refractivity contribution in [1.82, 2.24) is 4.98 Å². The lowest BCUT2D eigenvalue weighted by Gasteiger charge is -1.89. The molecular formula is C6H3IN2S. The molecule has 0 bridgehead atoms. The second-order valence-electron chi connectivity index (χ2n) is 1.67. The Morgan fingerprint density at radius 2 is 2.40 bits per heavy atom. The number of aromatic amines is 1. The first-order valence-electron chi connectivity index (χ1n) is 2.52. The van der Waals surface area contributed by atoms with Crippen molar-refractivity contribution in [3.05, 3.63) is 26.0 Å². The van der Waals surface area contributed by atoms with Gasteiger partial charge in [0.25, 0.3) is 0 Å². The molecular weight excluding hydrogens is 259 g/mol. The lowest BCUT2D eigenvalue weighted by Crippen LogP contribution is -1.82. The summed E-state index contributed by atoms with van der Waals surface area (Å²) in [7, 11) is 0. The molecule has 0 unspecified atom stereocenters. The van der Waals surface area contributed by atoms with Crippen LogP contribution in [-0.4, -0.2) is 4.98 Å². The van der Waals surface area contributed by atoms with Gasteiger partial charge in [-0.1, -0.05) is 12.2 Å². The first kappa shape index (κ1) is 7.69. The van der Waals surface area contributed by atoms with Crippen molar-refractivity contribution in [2.45, 2.75) is 0 Å². The maximum Gasteiger partial charge on any atom is 0.121 e. The van der Waals surface area contributed by atoms with Crippen LogP contribution in [0.5, 0.6) is 0 Å². The Morgan fingerprint density at radius 3 is 2.90 bits per heavy atom. The second-order valence-corrected chi connectivity index (χ2v) is 3.33. The highest BCUT2D eigenvalue weighted by atomic mass is 127. The Labute approximate surface area is 77.0 Å². The standard InChI is InChI=1S/C6H3IN2S/c7-5-1-4(2-8)6(10)9-3-5/h1,3H,(H,9,10). The Balaban J connectivity index is 3.40. The lowest BCUT2D eigenvalue weighted by atomic mass is 10.3.